The molecule has 7 heteroatoms. The lowest BCUT2D eigenvalue weighted by molar-refractivity contribution is -0.00270. The number of alkyl halides is 2. The first-order valence-corrected chi connectivity index (χ1v) is 5.09. The Morgan fingerprint density at radius 3 is 2.76 bits per heavy atom. The Balaban J connectivity index is 2.67. The van der Waals surface area contributed by atoms with Crippen LogP contribution in [0.25, 0.3) is 0 Å². The van der Waals surface area contributed by atoms with E-state index in [1.54, 1.807) is 0 Å². The van der Waals surface area contributed by atoms with E-state index < -0.39 is 25.0 Å². The number of halogens is 3. The van der Waals surface area contributed by atoms with Crippen molar-refractivity contribution in [3.8, 4) is 0 Å². The molecule has 0 radical (unpaired) electrons. The summed E-state index contributed by atoms with van der Waals surface area (Å²) < 4.78 is 24.0. The SMILES string of the molecule is Nc1ccc(Cl)c(C(=O)NCC(O)C(F)F)c1. The molecule has 1 aromatic rings. The molecule has 4 nitrogen and oxygen atoms in total. The second-order valence-electron chi connectivity index (χ2n) is 3.35. The number of aliphatic hydroxyl groups is 1. The summed E-state index contributed by atoms with van der Waals surface area (Å²) in [5.74, 6) is -0.665. The number of amides is 1. The summed E-state index contributed by atoms with van der Waals surface area (Å²) in [4.78, 5) is 11.5. The van der Waals surface area contributed by atoms with Crippen LogP contribution in [0, 0.1) is 0 Å². The number of carbonyl (C=O) groups excluding carboxylic acids is 1. The van der Waals surface area contributed by atoms with Crippen LogP contribution in [0.1, 0.15) is 10.4 Å². The molecule has 0 aliphatic heterocycles. The van der Waals surface area contributed by atoms with Crippen LogP contribution >= 0.6 is 11.6 Å². The molecular formula is C10H11ClF2N2O2. The maximum atomic E-state index is 12.0. The van der Waals surface area contributed by atoms with Crippen molar-refractivity contribution in [2.24, 2.45) is 0 Å². The number of hydrogen-bond donors (Lipinski definition) is 3. The molecule has 0 aliphatic carbocycles. The Hall–Kier alpha value is -1.40. The number of nitrogens with two attached hydrogens (primary N) is 1. The minimum Gasteiger partial charge on any atom is -0.399 e. The van der Waals surface area contributed by atoms with Gasteiger partial charge < -0.3 is 16.2 Å². The topological polar surface area (TPSA) is 75.4 Å². The standard InChI is InChI=1S/C10H11ClF2N2O2/c11-7-2-1-5(14)3-6(7)10(17)15-4-8(16)9(12)13/h1-3,8-9,16H,4,14H2,(H,15,17). The fourth-order valence-electron chi connectivity index (χ4n) is 1.10. The minimum absolute atomic E-state index is 0.0770. The van der Waals surface area contributed by atoms with Crippen LogP contribution in [-0.2, 0) is 0 Å². The molecule has 0 fully saturated rings. The number of aliphatic hydroxyl groups excluding tert-OH is 1. The van der Waals surface area contributed by atoms with Gasteiger partial charge in [0.05, 0.1) is 10.6 Å². The molecule has 0 bridgehead atoms. The van der Waals surface area contributed by atoms with E-state index in [1.165, 1.54) is 18.2 Å². The van der Waals surface area contributed by atoms with E-state index in [1.807, 2.05) is 0 Å². The molecule has 1 aromatic carbocycles. The van der Waals surface area contributed by atoms with Crippen LogP contribution in [0.4, 0.5) is 14.5 Å². The highest BCUT2D eigenvalue weighted by molar-refractivity contribution is 6.34. The molecule has 0 saturated heterocycles. The summed E-state index contributed by atoms with van der Waals surface area (Å²) in [7, 11) is 0. The third kappa shape index (κ3) is 3.83. The van der Waals surface area contributed by atoms with Gasteiger partial charge in [0.15, 0.2) is 0 Å². The van der Waals surface area contributed by atoms with E-state index in [2.05, 4.69) is 5.32 Å². The predicted octanol–water partition coefficient (Wildman–Crippen LogP) is 1.28. The van der Waals surface area contributed by atoms with Crippen molar-refractivity contribution in [3.05, 3.63) is 28.8 Å². The minimum atomic E-state index is -2.91. The molecule has 0 aliphatic rings. The highest BCUT2D eigenvalue weighted by Crippen LogP contribution is 2.18. The normalized spacial score (nSPS) is 12.5. The Kier molecular flexibility index (Phi) is 4.65. The summed E-state index contributed by atoms with van der Waals surface area (Å²) >= 11 is 5.74. The summed E-state index contributed by atoms with van der Waals surface area (Å²) in [5, 5.41) is 11.1. The zero-order valence-corrected chi connectivity index (χ0v) is 9.42. The van der Waals surface area contributed by atoms with Crippen molar-refractivity contribution >= 4 is 23.2 Å². The molecule has 1 rings (SSSR count). The lowest BCUT2D eigenvalue weighted by Gasteiger charge is -2.11. The highest BCUT2D eigenvalue weighted by Gasteiger charge is 2.18. The second-order valence-corrected chi connectivity index (χ2v) is 3.76. The van der Waals surface area contributed by atoms with E-state index in [0.29, 0.717) is 5.69 Å². The van der Waals surface area contributed by atoms with Gasteiger partial charge in [-0.05, 0) is 18.2 Å². The number of carbonyl (C=O) groups is 1. The number of rotatable bonds is 4. The maximum absolute atomic E-state index is 12.0. The molecule has 0 saturated carbocycles. The van der Waals surface area contributed by atoms with E-state index in [0.717, 1.165) is 0 Å². The molecular weight excluding hydrogens is 254 g/mol. The van der Waals surface area contributed by atoms with Crippen molar-refractivity contribution in [3.63, 3.8) is 0 Å². The zero-order valence-electron chi connectivity index (χ0n) is 8.66. The van der Waals surface area contributed by atoms with Crippen molar-refractivity contribution in [2.45, 2.75) is 12.5 Å². The second kappa shape index (κ2) is 5.79. The van der Waals surface area contributed by atoms with Gasteiger partial charge in [0.2, 0.25) is 0 Å². The summed E-state index contributed by atoms with van der Waals surface area (Å²) in [6, 6.07) is 4.26. The third-order valence-electron chi connectivity index (χ3n) is 2.00. The number of hydrogen-bond acceptors (Lipinski definition) is 3. The molecule has 1 amide bonds. The van der Waals surface area contributed by atoms with Gasteiger partial charge >= 0.3 is 0 Å². The van der Waals surface area contributed by atoms with Gasteiger partial charge in [0, 0.05) is 12.2 Å². The summed E-state index contributed by atoms with van der Waals surface area (Å²) in [6.45, 7) is -0.554. The van der Waals surface area contributed by atoms with Gasteiger partial charge in [-0.25, -0.2) is 8.78 Å². The fourth-order valence-corrected chi connectivity index (χ4v) is 1.30. The Morgan fingerprint density at radius 2 is 2.18 bits per heavy atom. The molecule has 0 spiro atoms. The average Bonchev–Trinajstić information content (AvgIpc) is 2.28. The first-order valence-electron chi connectivity index (χ1n) is 4.71. The van der Waals surface area contributed by atoms with Crippen molar-refractivity contribution in [1.29, 1.82) is 0 Å². The van der Waals surface area contributed by atoms with Crippen LogP contribution in [-0.4, -0.2) is 30.1 Å². The molecule has 4 N–H and O–H groups in total. The Morgan fingerprint density at radius 1 is 1.53 bits per heavy atom. The van der Waals surface area contributed by atoms with Crippen LogP contribution in [0.2, 0.25) is 5.02 Å². The van der Waals surface area contributed by atoms with Crippen molar-refractivity contribution < 1.29 is 18.7 Å². The van der Waals surface area contributed by atoms with Crippen LogP contribution in [0.3, 0.4) is 0 Å². The number of anilines is 1. The van der Waals surface area contributed by atoms with Gasteiger partial charge in [0.25, 0.3) is 12.3 Å². The molecule has 17 heavy (non-hydrogen) atoms. The van der Waals surface area contributed by atoms with Gasteiger partial charge in [-0.3, -0.25) is 4.79 Å². The van der Waals surface area contributed by atoms with Crippen molar-refractivity contribution in [2.75, 3.05) is 12.3 Å². The fraction of sp³-hybridized carbons (Fsp3) is 0.300. The lowest BCUT2D eigenvalue weighted by Crippen LogP contribution is -2.35. The molecule has 94 valence electrons. The average molecular weight is 265 g/mol. The summed E-state index contributed by atoms with van der Waals surface area (Å²) in [5.41, 5.74) is 5.87. The van der Waals surface area contributed by atoms with Gasteiger partial charge in [-0.15, -0.1) is 0 Å². The third-order valence-corrected chi connectivity index (χ3v) is 2.33. The van der Waals surface area contributed by atoms with Crippen LogP contribution in [0.5, 0.6) is 0 Å². The zero-order chi connectivity index (χ0) is 13.0. The smallest absolute Gasteiger partial charge is 0.265 e. The molecule has 1 atom stereocenters. The largest absolute Gasteiger partial charge is 0.399 e. The van der Waals surface area contributed by atoms with Gasteiger partial charge in [0.1, 0.15) is 6.10 Å². The highest BCUT2D eigenvalue weighted by atomic mass is 35.5. The lowest BCUT2D eigenvalue weighted by atomic mass is 10.2. The molecule has 0 heterocycles. The number of nitrogen functional groups attached to an aromatic ring is 1. The Bertz CT molecular complexity index is 415. The van der Waals surface area contributed by atoms with E-state index in [9.17, 15) is 13.6 Å². The first kappa shape index (κ1) is 13.7. The first-order chi connectivity index (χ1) is 7.91. The quantitative estimate of drug-likeness (QED) is 0.717. The molecule has 1 unspecified atom stereocenters. The number of benzene rings is 1. The van der Waals surface area contributed by atoms with E-state index in [4.69, 9.17) is 22.4 Å². The monoisotopic (exact) mass is 264 g/mol. The Labute approximate surface area is 101 Å². The predicted molar refractivity (Wildman–Crippen MR) is 60.2 cm³/mol. The van der Waals surface area contributed by atoms with Crippen molar-refractivity contribution in [1.82, 2.24) is 5.32 Å². The summed E-state index contributed by atoms with van der Waals surface area (Å²) in [6.07, 6.45) is -4.81. The van der Waals surface area contributed by atoms with E-state index in [-0.39, 0.29) is 10.6 Å². The van der Waals surface area contributed by atoms with Crippen LogP contribution < -0.4 is 11.1 Å². The van der Waals surface area contributed by atoms with Gasteiger partial charge in [-0.2, -0.15) is 0 Å². The van der Waals surface area contributed by atoms with E-state index >= 15 is 0 Å². The number of nitrogens with one attached hydrogen (secondary N) is 1. The molecule has 0 aromatic heterocycles. The van der Waals surface area contributed by atoms with Gasteiger partial charge in [-0.1, -0.05) is 11.6 Å². The maximum Gasteiger partial charge on any atom is 0.265 e. The van der Waals surface area contributed by atoms with Crippen LogP contribution in [0.15, 0.2) is 18.2 Å².